The summed E-state index contributed by atoms with van der Waals surface area (Å²) in [6.07, 6.45) is 4.46. The van der Waals surface area contributed by atoms with Gasteiger partial charge >= 0.3 is 5.69 Å². The summed E-state index contributed by atoms with van der Waals surface area (Å²) in [5.74, 6) is -0.191. The van der Waals surface area contributed by atoms with Gasteiger partial charge in [-0.15, -0.1) is 0 Å². The zero-order valence-electron chi connectivity index (χ0n) is 12.3. The van der Waals surface area contributed by atoms with Gasteiger partial charge in [0.25, 0.3) is 5.56 Å². The highest BCUT2D eigenvalue weighted by molar-refractivity contribution is 5.96. The normalized spacial score (nSPS) is 11.2. The van der Waals surface area contributed by atoms with E-state index < -0.39 is 11.2 Å². The molecule has 0 unspecified atom stereocenters. The number of nitrogens with zero attached hydrogens (tertiary/aromatic N) is 6. The van der Waals surface area contributed by atoms with Crippen LogP contribution in [-0.2, 0) is 27.7 Å². The number of Topliss-reactive ketones (excluding diaryl/α,β-unsaturated/α-hetero) is 1. The van der Waals surface area contributed by atoms with E-state index in [1.165, 1.54) is 40.4 Å². The van der Waals surface area contributed by atoms with Crippen LogP contribution in [0.1, 0.15) is 10.4 Å². The molecular weight excluding hydrogens is 288 g/mol. The second-order valence-corrected chi connectivity index (χ2v) is 5.08. The van der Waals surface area contributed by atoms with Crippen molar-refractivity contribution in [2.75, 3.05) is 0 Å². The molecule has 9 nitrogen and oxygen atoms in total. The Hall–Kier alpha value is -2.97. The SMILES string of the molecule is Cn1cc(C(=O)Cn2cnc3c2c(=O)n(C)c(=O)n3C)cn1. The van der Waals surface area contributed by atoms with Gasteiger partial charge in [-0.2, -0.15) is 5.10 Å². The van der Waals surface area contributed by atoms with Crippen molar-refractivity contribution in [2.24, 2.45) is 21.1 Å². The van der Waals surface area contributed by atoms with Crippen molar-refractivity contribution in [3.05, 3.63) is 45.1 Å². The fraction of sp³-hybridized carbons (Fsp3) is 0.308. The molecule has 0 fully saturated rings. The van der Waals surface area contributed by atoms with Gasteiger partial charge in [0.2, 0.25) is 0 Å². The number of ketones is 1. The van der Waals surface area contributed by atoms with E-state index in [2.05, 4.69) is 10.1 Å². The monoisotopic (exact) mass is 302 g/mol. The summed E-state index contributed by atoms with van der Waals surface area (Å²) in [6.45, 7) is -0.0460. The minimum Gasteiger partial charge on any atom is -0.317 e. The minimum absolute atomic E-state index is 0.0460. The lowest BCUT2D eigenvalue weighted by Crippen LogP contribution is -2.37. The van der Waals surface area contributed by atoms with Crippen LogP contribution in [0.2, 0.25) is 0 Å². The van der Waals surface area contributed by atoms with E-state index in [0.717, 1.165) is 4.57 Å². The van der Waals surface area contributed by atoms with Crippen molar-refractivity contribution in [3.63, 3.8) is 0 Å². The molecule has 22 heavy (non-hydrogen) atoms. The second kappa shape index (κ2) is 4.79. The molecule has 0 amide bonds. The fourth-order valence-corrected chi connectivity index (χ4v) is 2.33. The Morgan fingerprint density at radius 3 is 2.55 bits per heavy atom. The number of hydrogen-bond acceptors (Lipinski definition) is 5. The molecule has 3 aromatic heterocycles. The van der Waals surface area contributed by atoms with Crippen molar-refractivity contribution >= 4 is 16.9 Å². The van der Waals surface area contributed by atoms with E-state index in [4.69, 9.17) is 0 Å². The molecule has 0 bridgehead atoms. The van der Waals surface area contributed by atoms with Gasteiger partial charge in [0.1, 0.15) is 0 Å². The molecule has 0 aliphatic heterocycles. The van der Waals surface area contributed by atoms with Crippen LogP contribution in [0.15, 0.2) is 28.3 Å². The van der Waals surface area contributed by atoms with E-state index in [1.807, 2.05) is 0 Å². The highest BCUT2D eigenvalue weighted by atomic mass is 16.2. The molecule has 0 aliphatic rings. The van der Waals surface area contributed by atoms with Gasteiger partial charge in [0.15, 0.2) is 16.9 Å². The average Bonchev–Trinajstić information content (AvgIpc) is 3.09. The Morgan fingerprint density at radius 1 is 1.18 bits per heavy atom. The van der Waals surface area contributed by atoms with Crippen molar-refractivity contribution < 1.29 is 4.79 Å². The first-order chi connectivity index (χ1) is 10.4. The van der Waals surface area contributed by atoms with E-state index in [-0.39, 0.29) is 23.5 Å². The molecule has 0 saturated carbocycles. The van der Waals surface area contributed by atoms with Crippen LogP contribution >= 0.6 is 0 Å². The lowest BCUT2D eigenvalue weighted by atomic mass is 10.2. The molecule has 3 rings (SSSR count). The van der Waals surface area contributed by atoms with Gasteiger partial charge in [-0.1, -0.05) is 0 Å². The van der Waals surface area contributed by atoms with Gasteiger partial charge in [-0.05, 0) is 0 Å². The number of carbonyl (C=O) groups is 1. The Kier molecular flexibility index (Phi) is 3.05. The summed E-state index contributed by atoms with van der Waals surface area (Å²) < 4.78 is 5.26. The zero-order valence-corrected chi connectivity index (χ0v) is 12.3. The highest BCUT2D eigenvalue weighted by Crippen LogP contribution is 2.08. The quantitative estimate of drug-likeness (QED) is 0.581. The third-order valence-corrected chi connectivity index (χ3v) is 3.56. The van der Waals surface area contributed by atoms with Crippen LogP contribution in [0.5, 0.6) is 0 Å². The predicted octanol–water partition coefficient (Wildman–Crippen LogP) is -0.950. The molecular formula is C13H14N6O3. The molecule has 0 aromatic carbocycles. The lowest BCUT2D eigenvalue weighted by Gasteiger charge is -2.05. The average molecular weight is 302 g/mol. The third-order valence-electron chi connectivity index (χ3n) is 3.56. The van der Waals surface area contributed by atoms with Crippen molar-refractivity contribution in [1.29, 1.82) is 0 Å². The maximum atomic E-state index is 12.3. The maximum Gasteiger partial charge on any atom is 0.332 e. The van der Waals surface area contributed by atoms with Gasteiger partial charge in [0.05, 0.1) is 24.6 Å². The number of carbonyl (C=O) groups excluding carboxylic acids is 1. The van der Waals surface area contributed by atoms with Gasteiger partial charge in [-0.3, -0.25) is 23.4 Å². The van der Waals surface area contributed by atoms with Crippen molar-refractivity contribution in [1.82, 2.24) is 28.5 Å². The maximum absolute atomic E-state index is 12.3. The Bertz CT molecular complexity index is 1000. The number of hydrogen-bond donors (Lipinski definition) is 0. The molecule has 9 heteroatoms. The molecule has 3 aromatic rings. The Morgan fingerprint density at radius 2 is 1.91 bits per heavy atom. The minimum atomic E-state index is -0.477. The van der Waals surface area contributed by atoms with Crippen LogP contribution in [0.25, 0.3) is 11.2 Å². The van der Waals surface area contributed by atoms with Crippen LogP contribution in [-0.4, -0.2) is 34.2 Å². The molecule has 0 aliphatic carbocycles. The van der Waals surface area contributed by atoms with Crippen LogP contribution in [0, 0.1) is 0 Å². The summed E-state index contributed by atoms with van der Waals surface area (Å²) in [7, 11) is 4.64. The summed E-state index contributed by atoms with van der Waals surface area (Å²) in [5.41, 5.74) is -0.00385. The van der Waals surface area contributed by atoms with Crippen molar-refractivity contribution in [2.45, 2.75) is 6.54 Å². The first-order valence-corrected chi connectivity index (χ1v) is 6.53. The van der Waals surface area contributed by atoms with E-state index >= 15 is 0 Å². The summed E-state index contributed by atoms with van der Waals surface area (Å²) in [6, 6.07) is 0. The van der Waals surface area contributed by atoms with Gasteiger partial charge in [-0.25, -0.2) is 9.78 Å². The van der Waals surface area contributed by atoms with Crippen LogP contribution in [0.3, 0.4) is 0 Å². The fourth-order valence-electron chi connectivity index (χ4n) is 2.33. The molecule has 0 spiro atoms. The first kappa shape index (κ1) is 14.0. The molecule has 114 valence electrons. The van der Waals surface area contributed by atoms with E-state index in [9.17, 15) is 14.4 Å². The summed E-state index contributed by atoms with van der Waals surface area (Å²) in [5, 5.41) is 3.95. The number of fused-ring (bicyclic) bond motifs is 1. The predicted molar refractivity (Wildman–Crippen MR) is 77.8 cm³/mol. The Labute approximate surface area is 124 Å². The molecule has 0 N–H and O–H groups in total. The van der Waals surface area contributed by atoms with Crippen molar-refractivity contribution in [3.8, 4) is 0 Å². The zero-order chi connectivity index (χ0) is 16.0. The molecule has 0 saturated heterocycles. The number of aryl methyl sites for hydroxylation is 2. The lowest BCUT2D eigenvalue weighted by molar-refractivity contribution is 0.0973. The van der Waals surface area contributed by atoms with E-state index in [0.29, 0.717) is 5.56 Å². The number of aromatic nitrogens is 6. The Balaban J connectivity index is 2.11. The number of rotatable bonds is 3. The molecule has 3 heterocycles. The molecule has 0 radical (unpaired) electrons. The first-order valence-electron chi connectivity index (χ1n) is 6.53. The second-order valence-electron chi connectivity index (χ2n) is 5.08. The van der Waals surface area contributed by atoms with Crippen LogP contribution in [0.4, 0.5) is 0 Å². The molecule has 0 atom stereocenters. The largest absolute Gasteiger partial charge is 0.332 e. The smallest absolute Gasteiger partial charge is 0.317 e. The highest BCUT2D eigenvalue weighted by Gasteiger charge is 2.17. The number of imidazole rings is 1. The summed E-state index contributed by atoms with van der Waals surface area (Å²) in [4.78, 5) is 40.4. The third kappa shape index (κ3) is 1.98. The van der Waals surface area contributed by atoms with E-state index in [1.54, 1.807) is 13.2 Å². The summed E-state index contributed by atoms with van der Waals surface area (Å²) >= 11 is 0. The standard InChI is InChI=1S/C13H14N6O3/c1-16-5-8(4-15-16)9(20)6-19-7-14-11-10(19)12(21)18(3)13(22)17(11)2/h4-5,7H,6H2,1-3H3. The topological polar surface area (TPSA) is 96.7 Å². The van der Waals surface area contributed by atoms with Gasteiger partial charge < -0.3 is 4.57 Å². The van der Waals surface area contributed by atoms with Crippen LogP contribution < -0.4 is 11.2 Å². The van der Waals surface area contributed by atoms with Gasteiger partial charge in [0, 0.05) is 27.3 Å².